The maximum Gasteiger partial charge on any atom is 0.316 e. The predicted octanol–water partition coefficient (Wildman–Crippen LogP) is 2.98. The van der Waals surface area contributed by atoms with Crippen LogP contribution in [0.15, 0.2) is 53.4 Å². The van der Waals surface area contributed by atoms with E-state index in [2.05, 4.69) is 10.6 Å². The van der Waals surface area contributed by atoms with Crippen molar-refractivity contribution in [3.63, 3.8) is 0 Å². The number of ether oxygens (including phenoxy) is 1. The van der Waals surface area contributed by atoms with Crippen LogP contribution in [0, 0.1) is 0 Å². The van der Waals surface area contributed by atoms with Crippen LogP contribution in [-0.4, -0.2) is 24.3 Å². The van der Waals surface area contributed by atoms with Crippen molar-refractivity contribution in [1.82, 2.24) is 5.32 Å². The van der Waals surface area contributed by atoms with Gasteiger partial charge in [-0.1, -0.05) is 12.1 Å². The zero-order valence-corrected chi connectivity index (χ0v) is 14.9. The van der Waals surface area contributed by atoms with Gasteiger partial charge in [0.2, 0.25) is 5.91 Å². The number of nitrogens with two attached hydrogens (primary N) is 1. The van der Waals surface area contributed by atoms with E-state index in [0.717, 1.165) is 16.2 Å². The van der Waals surface area contributed by atoms with Gasteiger partial charge in [0.25, 0.3) is 0 Å². The highest BCUT2D eigenvalue weighted by Gasteiger charge is 2.14. The molecule has 2 aromatic rings. The Hall–Kier alpha value is -2.67. The number of carbonyl (C=O) groups excluding carboxylic acids is 2. The Bertz CT molecular complexity index is 735. The standard InChI is InChI=1S/C18H21N3O3S/c1-12(25-16-8-6-15(24-2)7-9-16)17(22)20-11-13-4-3-5-14(10-13)21-18(19)23/h3-10,12H,11H2,1-2H3,(H,20,22)(H3,19,21,23). The second-order valence-corrected chi connectivity index (χ2v) is 6.76. The summed E-state index contributed by atoms with van der Waals surface area (Å²) in [5, 5.41) is 5.17. The zero-order chi connectivity index (χ0) is 18.2. The van der Waals surface area contributed by atoms with E-state index in [9.17, 15) is 9.59 Å². The summed E-state index contributed by atoms with van der Waals surface area (Å²) in [6, 6.07) is 14.1. The number of hydrogen-bond donors (Lipinski definition) is 3. The van der Waals surface area contributed by atoms with E-state index in [1.54, 1.807) is 25.3 Å². The summed E-state index contributed by atoms with van der Waals surface area (Å²) in [6.07, 6.45) is 0. The molecule has 25 heavy (non-hydrogen) atoms. The molecule has 3 amide bonds. The minimum atomic E-state index is -0.620. The first-order valence-electron chi connectivity index (χ1n) is 7.71. The van der Waals surface area contributed by atoms with Crippen LogP contribution in [-0.2, 0) is 11.3 Å². The van der Waals surface area contributed by atoms with Crippen LogP contribution in [0.25, 0.3) is 0 Å². The van der Waals surface area contributed by atoms with E-state index < -0.39 is 6.03 Å². The molecule has 2 aromatic carbocycles. The van der Waals surface area contributed by atoms with Crippen LogP contribution >= 0.6 is 11.8 Å². The van der Waals surface area contributed by atoms with Gasteiger partial charge < -0.3 is 21.1 Å². The summed E-state index contributed by atoms with van der Waals surface area (Å²) in [6.45, 7) is 2.23. The molecule has 0 heterocycles. The van der Waals surface area contributed by atoms with Crippen LogP contribution in [0.2, 0.25) is 0 Å². The summed E-state index contributed by atoms with van der Waals surface area (Å²) in [5.74, 6) is 0.722. The maximum absolute atomic E-state index is 12.3. The Labute approximate surface area is 151 Å². The molecule has 1 atom stereocenters. The first kappa shape index (κ1) is 18.7. The quantitative estimate of drug-likeness (QED) is 0.663. The van der Waals surface area contributed by atoms with Gasteiger partial charge in [-0.15, -0.1) is 11.8 Å². The van der Waals surface area contributed by atoms with Gasteiger partial charge in [-0.05, 0) is 48.9 Å². The van der Waals surface area contributed by atoms with Crippen molar-refractivity contribution in [2.75, 3.05) is 12.4 Å². The van der Waals surface area contributed by atoms with E-state index in [1.807, 2.05) is 37.3 Å². The number of amides is 3. The number of anilines is 1. The smallest absolute Gasteiger partial charge is 0.316 e. The third kappa shape index (κ3) is 6.04. The number of carbonyl (C=O) groups is 2. The number of benzene rings is 2. The summed E-state index contributed by atoms with van der Waals surface area (Å²) in [4.78, 5) is 24.1. The summed E-state index contributed by atoms with van der Waals surface area (Å²) in [7, 11) is 1.62. The molecular formula is C18H21N3O3S. The molecule has 0 spiro atoms. The van der Waals surface area contributed by atoms with Crippen molar-refractivity contribution < 1.29 is 14.3 Å². The maximum atomic E-state index is 12.3. The molecule has 0 saturated heterocycles. The van der Waals surface area contributed by atoms with Crippen molar-refractivity contribution in [3.8, 4) is 5.75 Å². The monoisotopic (exact) mass is 359 g/mol. The number of methoxy groups -OCH3 is 1. The zero-order valence-electron chi connectivity index (χ0n) is 14.1. The average molecular weight is 359 g/mol. The van der Waals surface area contributed by atoms with Crippen LogP contribution in [0.1, 0.15) is 12.5 Å². The fraction of sp³-hybridized carbons (Fsp3) is 0.222. The molecule has 2 rings (SSSR count). The van der Waals surface area contributed by atoms with E-state index in [-0.39, 0.29) is 11.2 Å². The van der Waals surface area contributed by atoms with E-state index >= 15 is 0 Å². The number of urea groups is 1. The molecule has 0 bridgehead atoms. The second-order valence-electron chi connectivity index (χ2n) is 5.34. The van der Waals surface area contributed by atoms with Gasteiger partial charge >= 0.3 is 6.03 Å². The third-order valence-electron chi connectivity index (χ3n) is 3.40. The van der Waals surface area contributed by atoms with Crippen LogP contribution in [0.5, 0.6) is 5.75 Å². The van der Waals surface area contributed by atoms with Gasteiger partial charge in [-0.3, -0.25) is 4.79 Å². The molecule has 0 radical (unpaired) electrons. The number of thioether (sulfide) groups is 1. The van der Waals surface area contributed by atoms with Crippen molar-refractivity contribution >= 4 is 29.4 Å². The Morgan fingerprint density at radius 3 is 2.56 bits per heavy atom. The molecular weight excluding hydrogens is 338 g/mol. The van der Waals surface area contributed by atoms with Crippen LogP contribution in [0.3, 0.4) is 0 Å². The predicted molar refractivity (Wildman–Crippen MR) is 99.8 cm³/mol. The van der Waals surface area contributed by atoms with Gasteiger partial charge in [0.1, 0.15) is 5.75 Å². The fourth-order valence-corrected chi connectivity index (χ4v) is 3.04. The lowest BCUT2D eigenvalue weighted by molar-refractivity contribution is -0.120. The highest BCUT2D eigenvalue weighted by atomic mass is 32.2. The van der Waals surface area contributed by atoms with Gasteiger partial charge in [0.05, 0.1) is 12.4 Å². The summed E-state index contributed by atoms with van der Waals surface area (Å²) in [5.41, 5.74) is 6.57. The minimum Gasteiger partial charge on any atom is -0.497 e. The Kier molecular flexibility index (Phi) is 6.71. The first-order chi connectivity index (χ1) is 12.0. The molecule has 0 fully saturated rings. The van der Waals surface area contributed by atoms with Crippen LogP contribution in [0.4, 0.5) is 10.5 Å². The lowest BCUT2D eigenvalue weighted by Crippen LogP contribution is -2.30. The number of nitrogens with one attached hydrogen (secondary N) is 2. The lowest BCUT2D eigenvalue weighted by Gasteiger charge is -2.13. The fourth-order valence-electron chi connectivity index (χ4n) is 2.15. The Morgan fingerprint density at radius 1 is 1.20 bits per heavy atom. The minimum absolute atomic E-state index is 0.0610. The van der Waals surface area contributed by atoms with Crippen molar-refractivity contribution in [1.29, 1.82) is 0 Å². The van der Waals surface area contributed by atoms with Crippen molar-refractivity contribution in [3.05, 3.63) is 54.1 Å². The first-order valence-corrected chi connectivity index (χ1v) is 8.59. The highest BCUT2D eigenvalue weighted by molar-refractivity contribution is 8.00. The van der Waals surface area contributed by atoms with E-state index in [4.69, 9.17) is 10.5 Å². The topological polar surface area (TPSA) is 93.4 Å². The summed E-state index contributed by atoms with van der Waals surface area (Å²) >= 11 is 1.48. The molecule has 0 aromatic heterocycles. The van der Waals surface area contributed by atoms with Crippen molar-refractivity contribution in [2.24, 2.45) is 5.73 Å². The second kappa shape index (κ2) is 8.98. The average Bonchev–Trinajstić information content (AvgIpc) is 2.60. The molecule has 7 heteroatoms. The largest absolute Gasteiger partial charge is 0.497 e. The number of primary amides is 1. The Morgan fingerprint density at radius 2 is 1.92 bits per heavy atom. The van der Waals surface area contributed by atoms with Gasteiger partial charge in [-0.2, -0.15) is 0 Å². The molecule has 132 valence electrons. The number of hydrogen-bond acceptors (Lipinski definition) is 4. The summed E-state index contributed by atoms with van der Waals surface area (Å²) < 4.78 is 5.12. The Balaban J connectivity index is 1.87. The highest BCUT2D eigenvalue weighted by Crippen LogP contribution is 2.25. The van der Waals surface area contributed by atoms with Crippen LogP contribution < -0.4 is 21.1 Å². The molecule has 6 nitrogen and oxygen atoms in total. The number of rotatable bonds is 7. The molecule has 0 aliphatic carbocycles. The lowest BCUT2D eigenvalue weighted by atomic mass is 10.2. The molecule has 0 aliphatic heterocycles. The third-order valence-corrected chi connectivity index (χ3v) is 4.51. The van der Waals surface area contributed by atoms with Gasteiger partial charge in [0.15, 0.2) is 0 Å². The molecule has 0 aliphatic rings. The normalized spacial score (nSPS) is 11.4. The molecule has 4 N–H and O–H groups in total. The van der Waals surface area contributed by atoms with Gasteiger partial charge in [-0.25, -0.2) is 4.79 Å². The SMILES string of the molecule is COc1ccc(SC(C)C(=O)NCc2cccc(NC(N)=O)c2)cc1. The van der Waals surface area contributed by atoms with Gasteiger partial charge in [0, 0.05) is 17.1 Å². The van der Waals surface area contributed by atoms with E-state index in [0.29, 0.717) is 12.2 Å². The van der Waals surface area contributed by atoms with E-state index in [1.165, 1.54) is 11.8 Å². The van der Waals surface area contributed by atoms with Crippen molar-refractivity contribution in [2.45, 2.75) is 23.6 Å². The molecule has 1 unspecified atom stereocenters. The molecule has 0 saturated carbocycles.